The summed E-state index contributed by atoms with van der Waals surface area (Å²) in [5, 5.41) is 10.0. The van der Waals surface area contributed by atoms with E-state index in [2.05, 4.69) is 0 Å². The van der Waals surface area contributed by atoms with Crippen molar-refractivity contribution in [1.29, 1.82) is 0 Å². The lowest BCUT2D eigenvalue weighted by atomic mass is 9.77. The second-order valence-corrected chi connectivity index (χ2v) is 9.74. The second-order valence-electron chi connectivity index (χ2n) is 9.74. The molecule has 1 spiro atoms. The molecule has 0 radical (unpaired) electrons. The van der Waals surface area contributed by atoms with Crippen LogP contribution in [0.4, 0.5) is 0 Å². The maximum atomic E-state index is 13.9. The topological polar surface area (TPSA) is 96.4 Å². The summed E-state index contributed by atoms with van der Waals surface area (Å²) < 4.78 is 11.9. The van der Waals surface area contributed by atoms with Crippen molar-refractivity contribution < 1.29 is 29.0 Å². The molecule has 4 heterocycles. The van der Waals surface area contributed by atoms with Gasteiger partial charge in [0.2, 0.25) is 11.8 Å². The van der Waals surface area contributed by atoms with Crippen molar-refractivity contribution in [1.82, 2.24) is 9.80 Å². The molecule has 1 N–H and O–H groups in total. The number of fused-ring (bicyclic) bond motifs is 2. The van der Waals surface area contributed by atoms with Crippen LogP contribution in [-0.2, 0) is 23.9 Å². The van der Waals surface area contributed by atoms with Gasteiger partial charge < -0.3 is 24.4 Å². The Morgan fingerprint density at radius 2 is 1.97 bits per heavy atom. The number of hydrogen-bond acceptors (Lipinski definition) is 6. The maximum Gasteiger partial charge on any atom is 0.312 e. The quantitative estimate of drug-likeness (QED) is 0.529. The van der Waals surface area contributed by atoms with Crippen molar-refractivity contribution in [2.75, 3.05) is 19.8 Å². The molecule has 2 amide bonds. The number of aliphatic hydroxyl groups excluding tert-OH is 1. The Hall–Kier alpha value is -2.19. The average Bonchev–Trinajstić information content (AvgIpc) is 3.06. The number of amides is 2. The third-order valence-corrected chi connectivity index (χ3v) is 6.94. The number of likely N-dealkylation sites (tertiary alicyclic amines) is 1. The van der Waals surface area contributed by atoms with E-state index in [1.54, 1.807) is 11.0 Å². The zero-order valence-electron chi connectivity index (χ0n) is 18.6. The smallest absolute Gasteiger partial charge is 0.312 e. The van der Waals surface area contributed by atoms with E-state index in [0.717, 1.165) is 0 Å². The molecule has 0 aromatic heterocycles. The number of rotatable bonds is 3. The minimum Gasteiger partial charge on any atom is -0.465 e. The van der Waals surface area contributed by atoms with E-state index in [1.165, 1.54) is 4.90 Å². The average molecular weight is 433 g/mol. The van der Waals surface area contributed by atoms with Gasteiger partial charge in [-0.25, -0.2) is 0 Å². The summed E-state index contributed by atoms with van der Waals surface area (Å²) in [7, 11) is 0. The van der Waals surface area contributed by atoms with Crippen LogP contribution in [0.15, 0.2) is 24.3 Å². The minimum atomic E-state index is -1.28. The molecular formula is C23H32N2O6. The summed E-state index contributed by atoms with van der Waals surface area (Å²) in [5.41, 5.74) is -1.75. The number of carbonyl (C=O) groups is 3. The molecule has 8 nitrogen and oxygen atoms in total. The highest BCUT2D eigenvalue weighted by atomic mass is 16.6. The van der Waals surface area contributed by atoms with Crippen molar-refractivity contribution in [2.24, 2.45) is 11.8 Å². The Morgan fingerprint density at radius 3 is 2.61 bits per heavy atom. The molecule has 0 aliphatic carbocycles. The first kappa shape index (κ1) is 22.0. The van der Waals surface area contributed by atoms with Crippen molar-refractivity contribution in [3.05, 3.63) is 24.3 Å². The molecule has 4 aliphatic heterocycles. The number of esters is 1. The Balaban J connectivity index is 1.88. The molecule has 0 aromatic rings. The van der Waals surface area contributed by atoms with E-state index in [-0.39, 0.29) is 25.0 Å². The summed E-state index contributed by atoms with van der Waals surface area (Å²) in [6.45, 7) is 8.06. The van der Waals surface area contributed by atoms with Crippen LogP contribution >= 0.6 is 0 Å². The summed E-state index contributed by atoms with van der Waals surface area (Å²) in [6, 6.07) is -1.49. The molecule has 0 bridgehead atoms. The van der Waals surface area contributed by atoms with Crippen LogP contribution in [0, 0.1) is 11.8 Å². The van der Waals surface area contributed by atoms with E-state index >= 15 is 0 Å². The molecule has 4 aliphatic rings. The van der Waals surface area contributed by atoms with Crippen LogP contribution in [-0.4, -0.2) is 81.8 Å². The van der Waals surface area contributed by atoms with Gasteiger partial charge in [0.15, 0.2) is 0 Å². The lowest BCUT2D eigenvalue weighted by molar-refractivity contribution is -0.157. The minimum absolute atomic E-state index is 0.230. The van der Waals surface area contributed by atoms with E-state index in [1.807, 2.05) is 45.9 Å². The fourth-order valence-electron chi connectivity index (χ4n) is 5.46. The first-order valence-electron chi connectivity index (χ1n) is 11.1. The first-order chi connectivity index (χ1) is 14.7. The molecule has 6 atom stereocenters. The molecule has 1 unspecified atom stereocenters. The lowest BCUT2D eigenvalue weighted by Crippen LogP contribution is -2.60. The van der Waals surface area contributed by atoms with E-state index < -0.39 is 47.1 Å². The molecule has 170 valence electrons. The first-order valence-corrected chi connectivity index (χ1v) is 11.1. The van der Waals surface area contributed by atoms with Crippen molar-refractivity contribution in [3.8, 4) is 0 Å². The van der Waals surface area contributed by atoms with Crippen LogP contribution in [0.2, 0.25) is 0 Å². The third-order valence-electron chi connectivity index (χ3n) is 6.94. The van der Waals surface area contributed by atoms with Gasteiger partial charge in [0, 0.05) is 12.1 Å². The van der Waals surface area contributed by atoms with Crippen LogP contribution in [0.3, 0.4) is 0 Å². The highest BCUT2D eigenvalue weighted by Gasteiger charge is 2.72. The fourth-order valence-corrected chi connectivity index (χ4v) is 5.46. The van der Waals surface area contributed by atoms with Gasteiger partial charge in [0.25, 0.3) is 0 Å². The molecule has 2 fully saturated rings. The molecule has 4 rings (SSSR count). The Bertz CT molecular complexity index is 826. The van der Waals surface area contributed by atoms with Crippen molar-refractivity contribution in [2.45, 2.75) is 69.9 Å². The monoisotopic (exact) mass is 432 g/mol. The number of nitrogens with zero attached hydrogens (tertiary/aromatic N) is 2. The Labute approximate surface area is 182 Å². The molecule has 31 heavy (non-hydrogen) atoms. The highest BCUT2D eigenvalue weighted by molar-refractivity contribution is 5.99. The number of carbonyl (C=O) groups excluding carboxylic acids is 3. The summed E-state index contributed by atoms with van der Waals surface area (Å²) >= 11 is 0. The van der Waals surface area contributed by atoms with Gasteiger partial charge in [-0.1, -0.05) is 31.2 Å². The van der Waals surface area contributed by atoms with Gasteiger partial charge in [-0.3, -0.25) is 14.4 Å². The predicted octanol–water partition coefficient (Wildman–Crippen LogP) is 1.04. The zero-order chi connectivity index (χ0) is 22.6. The van der Waals surface area contributed by atoms with Crippen LogP contribution < -0.4 is 0 Å². The van der Waals surface area contributed by atoms with E-state index in [9.17, 15) is 19.5 Å². The van der Waals surface area contributed by atoms with Gasteiger partial charge in [-0.2, -0.15) is 0 Å². The fraction of sp³-hybridized carbons (Fsp3) is 0.696. The maximum absolute atomic E-state index is 13.9. The largest absolute Gasteiger partial charge is 0.465 e. The number of ether oxygens (including phenoxy) is 2. The van der Waals surface area contributed by atoms with Crippen LogP contribution in [0.25, 0.3) is 0 Å². The third kappa shape index (κ3) is 3.22. The molecule has 8 heteroatoms. The number of aliphatic hydroxyl groups is 1. The Kier molecular flexibility index (Phi) is 5.50. The van der Waals surface area contributed by atoms with Crippen molar-refractivity contribution >= 4 is 17.8 Å². The number of hydrogen-bond donors (Lipinski definition) is 1. The van der Waals surface area contributed by atoms with Crippen LogP contribution in [0.1, 0.15) is 40.5 Å². The SMILES string of the molecule is CC[C@@H](CO)N1C(=O)[C@@H]2[C@@H]3C(=O)OCCC=C[C@@H]3O[C@@]23C=CCN(C(C)(C)C)C(=O)C13. The van der Waals surface area contributed by atoms with Gasteiger partial charge in [-0.15, -0.1) is 0 Å². The summed E-state index contributed by atoms with van der Waals surface area (Å²) in [4.78, 5) is 43.9. The molecule has 0 aromatic carbocycles. The standard InChI is InChI=1S/C23H32N2O6/c1-5-14(13-26)25-18-20(28)24(22(2,3)4)11-8-10-23(18)17(19(25)27)16-15(31-23)9-6-7-12-30-21(16)29/h6,8-10,14-18,26H,5,7,11-13H2,1-4H3/t14-,15-,16+,17-,18?,23-/m0/s1. The molecular weight excluding hydrogens is 400 g/mol. The van der Waals surface area contributed by atoms with Crippen molar-refractivity contribution in [3.63, 3.8) is 0 Å². The Morgan fingerprint density at radius 1 is 1.23 bits per heavy atom. The van der Waals surface area contributed by atoms with Gasteiger partial charge in [-0.05, 0) is 33.6 Å². The van der Waals surface area contributed by atoms with E-state index in [0.29, 0.717) is 19.4 Å². The van der Waals surface area contributed by atoms with E-state index in [4.69, 9.17) is 9.47 Å². The van der Waals surface area contributed by atoms with Crippen LogP contribution in [0.5, 0.6) is 0 Å². The summed E-state index contributed by atoms with van der Waals surface area (Å²) in [6.07, 6.45) is 7.80. The molecule has 2 saturated heterocycles. The lowest BCUT2D eigenvalue weighted by Gasteiger charge is -2.42. The normalized spacial score (nSPS) is 36.4. The van der Waals surface area contributed by atoms with Gasteiger partial charge in [0.05, 0.1) is 31.3 Å². The summed E-state index contributed by atoms with van der Waals surface area (Å²) in [5.74, 6) is -2.74. The van der Waals surface area contributed by atoms with Gasteiger partial charge in [0.1, 0.15) is 17.6 Å². The predicted molar refractivity (Wildman–Crippen MR) is 112 cm³/mol. The molecule has 0 saturated carbocycles. The highest BCUT2D eigenvalue weighted by Crippen LogP contribution is 2.54. The number of cyclic esters (lactones) is 1. The second kappa shape index (κ2) is 7.74. The van der Waals surface area contributed by atoms with Gasteiger partial charge >= 0.3 is 5.97 Å². The zero-order valence-corrected chi connectivity index (χ0v) is 18.6.